The second-order valence-electron chi connectivity index (χ2n) is 7.70. The number of thiocarbonyl (C=S) groups is 1. The lowest BCUT2D eigenvalue weighted by Gasteiger charge is -2.42. The minimum atomic E-state index is 0.391. The second kappa shape index (κ2) is 9.18. The first-order valence-electron chi connectivity index (χ1n) is 10.3. The molecule has 1 fully saturated rings. The van der Waals surface area contributed by atoms with Crippen LogP contribution in [0, 0.1) is 6.92 Å². The highest BCUT2D eigenvalue weighted by molar-refractivity contribution is 7.80. The lowest BCUT2D eigenvalue weighted by atomic mass is 10.1. The van der Waals surface area contributed by atoms with Crippen molar-refractivity contribution in [2.45, 2.75) is 19.9 Å². The summed E-state index contributed by atoms with van der Waals surface area (Å²) in [5, 5.41) is 4.14. The maximum Gasteiger partial charge on any atom is 0.173 e. The molecule has 1 aliphatic rings. The standard InChI is InChI=1S/C25H27N3OS/c1-19-7-6-8-22(17-19)28-16-15-27(18-20(28)2)25(30)26-21-11-13-24(14-12-21)29-23-9-4-3-5-10-23/h3-14,17,20H,15-16,18H2,1-2H3,(H,26,30)/t20-/m1/s1. The molecule has 0 spiro atoms. The summed E-state index contributed by atoms with van der Waals surface area (Å²) in [5.41, 5.74) is 3.54. The van der Waals surface area contributed by atoms with E-state index in [2.05, 4.69) is 53.2 Å². The molecule has 0 unspecified atom stereocenters. The van der Waals surface area contributed by atoms with Gasteiger partial charge in [0.15, 0.2) is 5.11 Å². The van der Waals surface area contributed by atoms with Crippen LogP contribution in [0.25, 0.3) is 0 Å². The van der Waals surface area contributed by atoms with E-state index < -0.39 is 0 Å². The van der Waals surface area contributed by atoms with Crippen molar-refractivity contribution in [3.05, 3.63) is 84.4 Å². The van der Waals surface area contributed by atoms with Gasteiger partial charge in [0, 0.05) is 37.1 Å². The van der Waals surface area contributed by atoms with Gasteiger partial charge in [-0.15, -0.1) is 0 Å². The van der Waals surface area contributed by atoms with Gasteiger partial charge in [-0.3, -0.25) is 0 Å². The van der Waals surface area contributed by atoms with Crippen LogP contribution in [0.1, 0.15) is 12.5 Å². The number of benzene rings is 3. The molecule has 4 nitrogen and oxygen atoms in total. The molecule has 1 saturated heterocycles. The van der Waals surface area contributed by atoms with Crippen molar-refractivity contribution in [3.8, 4) is 11.5 Å². The van der Waals surface area contributed by atoms with Gasteiger partial charge in [0.05, 0.1) is 0 Å². The zero-order valence-corrected chi connectivity index (χ0v) is 18.2. The first-order valence-corrected chi connectivity index (χ1v) is 10.7. The van der Waals surface area contributed by atoms with Crippen molar-refractivity contribution >= 4 is 28.7 Å². The molecule has 30 heavy (non-hydrogen) atoms. The molecule has 1 heterocycles. The monoisotopic (exact) mass is 417 g/mol. The van der Waals surface area contributed by atoms with Crippen molar-refractivity contribution in [2.24, 2.45) is 0 Å². The van der Waals surface area contributed by atoms with E-state index in [1.807, 2.05) is 54.6 Å². The van der Waals surface area contributed by atoms with Crippen molar-refractivity contribution in [1.82, 2.24) is 4.90 Å². The molecule has 3 aromatic carbocycles. The molecule has 0 radical (unpaired) electrons. The van der Waals surface area contributed by atoms with E-state index in [1.165, 1.54) is 11.3 Å². The number of para-hydroxylation sites is 1. The Labute approximate surface area is 184 Å². The summed E-state index contributed by atoms with van der Waals surface area (Å²) in [6, 6.07) is 26.8. The summed E-state index contributed by atoms with van der Waals surface area (Å²) < 4.78 is 5.85. The van der Waals surface area contributed by atoms with Gasteiger partial charge in [0.1, 0.15) is 11.5 Å². The lowest BCUT2D eigenvalue weighted by Crippen LogP contribution is -2.54. The van der Waals surface area contributed by atoms with Crippen LogP contribution in [0.5, 0.6) is 11.5 Å². The van der Waals surface area contributed by atoms with Crippen LogP contribution in [-0.2, 0) is 0 Å². The highest BCUT2D eigenvalue weighted by Crippen LogP contribution is 2.24. The number of rotatable bonds is 4. The van der Waals surface area contributed by atoms with Crippen molar-refractivity contribution < 1.29 is 4.74 Å². The Bertz CT molecular complexity index is 991. The van der Waals surface area contributed by atoms with E-state index in [9.17, 15) is 0 Å². The van der Waals surface area contributed by atoms with E-state index in [-0.39, 0.29) is 0 Å². The maximum absolute atomic E-state index is 5.85. The fraction of sp³-hybridized carbons (Fsp3) is 0.240. The van der Waals surface area contributed by atoms with Crippen LogP contribution < -0.4 is 15.0 Å². The topological polar surface area (TPSA) is 27.7 Å². The summed E-state index contributed by atoms with van der Waals surface area (Å²) in [5.74, 6) is 1.63. The van der Waals surface area contributed by atoms with Crippen LogP contribution in [0.2, 0.25) is 0 Å². The largest absolute Gasteiger partial charge is 0.457 e. The molecule has 1 atom stereocenters. The molecule has 0 aromatic heterocycles. The first-order chi connectivity index (χ1) is 14.6. The molecule has 3 aromatic rings. The molecule has 1 aliphatic heterocycles. The van der Waals surface area contributed by atoms with E-state index in [0.29, 0.717) is 6.04 Å². The Morgan fingerprint density at radius 2 is 1.67 bits per heavy atom. The smallest absolute Gasteiger partial charge is 0.173 e. The molecule has 0 aliphatic carbocycles. The maximum atomic E-state index is 5.85. The number of ether oxygens (including phenoxy) is 1. The number of aryl methyl sites for hydroxylation is 1. The fourth-order valence-corrected chi connectivity index (χ4v) is 4.05. The molecule has 0 saturated carbocycles. The van der Waals surface area contributed by atoms with E-state index in [4.69, 9.17) is 17.0 Å². The molecule has 0 bridgehead atoms. The highest BCUT2D eigenvalue weighted by Gasteiger charge is 2.25. The van der Waals surface area contributed by atoms with Gasteiger partial charge in [0.2, 0.25) is 0 Å². The number of nitrogens with zero attached hydrogens (tertiary/aromatic N) is 2. The molecule has 0 amide bonds. The Hall–Kier alpha value is -3.05. The molecule has 1 N–H and O–H groups in total. The van der Waals surface area contributed by atoms with Gasteiger partial charge in [-0.1, -0.05) is 30.3 Å². The minimum absolute atomic E-state index is 0.391. The van der Waals surface area contributed by atoms with Gasteiger partial charge in [0.25, 0.3) is 0 Å². The molecule has 4 rings (SSSR count). The third-order valence-electron chi connectivity index (χ3n) is 5.33. The first kappa shape index (κ1) is 20.2. The molecular formula is C25H27N3OS. The quantitative estimate of drug-likeness (QED) is 0.550. The summed E-state index contributed by atoms with van der Waals surface area (Å²) >= 11 is 5.69. The van der Waals surface area contributed by atoms with Crippen molar-refractivity contribution in [1.29, 1.82) is 0 Å². The van der Waals surface area contributed by atoms with E-state index >= 15 is 0 Å². The minimum Gasteiger partial charge on any atom is -0.457 e. The molecular weight excluding hydrogens is 390 g/mol. The van der Waals surface area contributed by atoms with E-state index in [1.54, 1.807) is 0 Å². The third-order valence-corrected chi connectivity index (χ3v) is 5.69. The fourth-order valence-electron chi connectivity index (χ4n) is 3.77. The predicted octanol–water partition coefficient (Wildman–Crippen LogP) is 5.69. The highest BCUT2D eigenvalue weighted by atomic mass is 32.1. The summed E-state index contributed by atoms with van der Waals surface area (Å²) in [7, 11) is 0. The van der Waals surface area contributed by atoms with Crippen LogP contribution in [-0.4, -0.2) is 35.7 Å². The summed E-state index contributed by atoms with van der Waals surface area (Å²) in [6.07, 6.45) is 0. The van der Waals surface area contributed by atoms with Gasteiger partial charge in [-0.2, -0.15) is 0 Å². The Kier molecular flexibility index (Phi) is 6.19. The third kappa shape index (κ3) is 4.92. The van der Waals surface area contributed by atoms with Gasteiger partial charge >= 0.3 is 0 Å². The Balaban J connectivity index is 1.33. The number of hydrogen-bond donors (Lipinski definition) is 1. The van der Waals surface area contributed by atoms with Gasteiger partial charge < -0.3 is 19.9 Å². The Morgan fingerprint density at radius 1 is 0.933 bits per heavy atom. The van der Waals surface area contributed by atoms with Crippen molar-refractivity contribution in [3.63, 3.8) is 0 Å². The van der Waals surface area contributed by atoms with Crippen LogP contribution in [0.15, 0.2) is 78.9 Å². The van der Waals surface area contributed by atoms with Crippen LogP contribution in [0.4, 0.5) is 11.4 Å². The number of hydrogen-bond acceptors (Lipinski definition) is 3. The van der Waals surface area contributed by atoms with Crippen molar-refractivity contribution in [2.75, 3.05) is 29.9 Å². The summed E-state index contributed by atoms with van der Waals surface area (Å²) in [4.78, 5) is 4.71. The molecule has 154 valence electrons. The average Bonchev–Trinajstić information content (AvgIpc) is 2.76. The lowest BCUT2D eigenvalue weighted by molar-refractivity contribution is 0.342. The Morgan fingerprint density at radius 3 is 2.37 bits per heavy atom. The van der Waals surface area contributed by atoms with Crippen LogP contribution >= 0.6 is 12.2 Å². The number of nitrogens with one attached hydrogen (secondary N) is 1. The second-order valence-corrected chi connectivity index (χ2v) is 8.08. The SMILES string of the molecule is Cc1cccc(N2CCN(C(=S)Nc3ccc(Oc4ccccc4)cc3)C[C@H]2C)c1. The zero-order chi connectivity index (χ0) is 20.9. The predicted molar refractivity (Wildman–Crippen MR) is 129 cm³/mol. The van der Waals surface area contributed by atoms with E-state index in [0.717, 1.165) is 41.9 Å². The number of anilines is 2. The number of piperazine rings is 1. The normalized spacial score (nSPS) is 16.3. The van der Waals surface area contributed by atoms with Gasteiger partial charge in [-0.05, 0) is 80.2 Å². The average molecular weight is 418 g/mol. The van der Waals surface area contributed by atoms with Crippen LogP contribution in [0.3, 0.4) is 0 Å². The molecule has 5 heteroatoms. The van der Waals surface area contributed by atoms with Gasteiger partial charge in [-0.25, -0.2) is 0 Å². The zero-order valence-electron chi connectivity index (χ0n) is 17.4. The summed E-state index contributed by atoms with van der Waals surface area (Å²) in [6.45, 7) is 7.15.